The zero-order valence-electron chi connectivity index (χ0n) is 11.3. The van der Waals surface area contributed by atoms with Gasteiger partial charge in [-0.25, -0.2) is 0 Å². The number of nitrogens with zero attached hydrogens (tertiary/aromatic N) is 2. The fraction of sp³-hybridized carbons (Fsp3) is 0.533. The lowest BCUT2D eigenvalue weighted by Crippen LogP contribution is -2.49. The normalized spacial score (nSPS) is 20.2. The quantitative estimate of drug-likeness (QED) is 0.723. The predicted molar refractivity (Wildman–Crippen MR) is 89.2 cm³/mol. The van der Waals surface area contributed by atoms with E-state index in [1.807, 2.05) is 17.0 Å². The maximum absolute atomic E-state index is 12.5. The second-order valence-electron chi connectivity index (χ2n) is 5.67. The Morgan fingerprint density at radius 3 is 2.55 bits per heavy atom. The lowest BCUT2D eigenvalue weighted by atomic mass is 10.2. The lowest BCUT2D eigenvalue weighted by molar-refractivity contribution is 0.0632. The van der Waals surface area contributed by atoms with Crippen molar-refractivity contribution in [2.75, 3.05) is 32.7 Å². The fourth-order valence-electron chi connectivity index (χ4n) is 2.61. The van der Waals surface area contributed by atoms with Crippen LogP contribution in [0, 0.1) is 9.49 Å². The highest BCUT2D eigenvalue weighted by atomic mass is 127. The van der Waals surface area contributed by atoms with Gasteiger partial charge in [-0.2, -0.15) is 0 Å². The van der Waals surface area contributed by atoms with Crippen molar-refractivity contribution in [3.8, 4) is 0 Å². The first kappa shape index (κ1) is 14.6. The second-order valence-corrected chi connectivity index (χ2v) is 7.23. The van der Waals surface area contributed by atoms with Crippen molar-refractivity contribution in [2.45, 2.75) is 12.8 Å². The van der Waals surface area contributed by atoms with E-state index < -0.39 is 0 Å². The van der Waals surface area contributed by atoms with Gasteiger partial charge < -0.3 is 4.90 Å². The van der Waals surface area contributed by atoms with Gasteiger partial charge in [-0.15, -0.1) is 0 Å². The summed E-state index contributed by atoms with van der Waals surface area (Å²) in [6.07, 6.45) is 2.78. The summed E-state index contributed by atoms with van der Waals surface area (Å²) in [6, 6.07) is 5.55. The molecule has 1 aromatic rings. The van der Waals surface area contributed by atoms with Gasteiger partial charge in [0.2, 0.25) is 0 Å². The largest absolute Gasteiger partial charge is 0.336 e. The first-order valence-corrected chi connectivity index (χ1v) is 8.56. The van der Waals surface area contributed by atoms with Gasteiger partial charge in [0.05, 0.1) is 5.02 Å². The molecule has 1 saturated carbocycles. The summed E-state index contributed by atoms with van der Waals surface area (Å²) in [6.45, 7) is 4.88. The molecule has 1 amide bonds. The van der Waals surface area contributed by atoms with Crippen LogP contribution in [0.4, 0.5) is 0 Å². The highest BCUT2D eigenvalue weighted by molar-refractivity contribution is 14.1. The molecule has 0 unspecified atom stereocenters. The number of rotatable bonds is 3. The summed E-state index contributed by atoms with van der Waals surface area (Å²) >= 11 is 8.27. The Balaban J connectivity index is 1.58. The van der Waals surface area contributed by atoms with Gasteiger partial charge in [-0.3, -0.25) is 9.69 Å². The van der Waals surface area contributed by atoms with Gasteiger partial charge in [0.25, 0.3) is 5.91 Å². The number of halogens is 2. The summed E-state index contributed by atoms with van der Waals surface area (Å²) in [7, 11) is 0. The van der Waals surface area contributed by atoms with E-state index >= 15 is 0 Å². The Morgan fingerprint density at radius 1 is 1.25 bits per heavy atom. The molecule has 5 heteroatoms. The summed E-state index contributed by atoms with van der Waals surface area (Å²) in [5.74, 6) is 1.03. The maximum atomic E-state index is 12.5. The molecule has 20 heavy (non-hydrogen) atoms. The summed E-state index contributed by atoms with van der Waals surface area (Å²) < 4.78 is 0.982. The van der Waals surface area contributed by atoms with Crippen LogP contribution in [-0.2, 0) is 0 Å². The van der Waals surface area contributed by atoms with Crippen LogP contribution >= 0.6 is 34.2 Å². The maximum Gasteiger partial charge on any atom is 0.253 e. The van der Waals surface area contributed by atoms with E-state index in [1.165, 1.54) is 19.4 Å². The van der Waals surface area contributed by atoms with E-state index in [0.29, 0.717) is 10.6 Å². The van der Waals surface area contributed by atoms with Gasteiger partial charge in [-0.05, 0) is 59.5 Å². The zero-order chi connectivity index (χ0) is 14.1. The van der Waals surface area contributed by atoms with E-state index in [4.69, 9.17) is 11.6 Å². The fourth-order valence-corrected chi connectivity index (χ4v) is 3.13. The smallest absolute Gasteiger partial charge is 0.253 e. The molecule has 108 valence electrons. The van der Waals surface area contributed by atoms with Crippen molar-refractivity contribution in [1.29, 1.82) is 0 Å². The Hall–Kier alpha value is -0.330. The van der Waals surface area contributed by atoms with Gasteiger partial charge in [0.15, 0.2) is 0 Å². The molecule has 1 aliphatic heterocycles. The van der Waals surface area contributed by atoms with Crippen LogP contribution in [0.2, 0.25) is 5.02 Å². The van der Waals surface area contributed by atoms with Gasteiger partial charge in [0, 0.05) is 41.9 Å². The highest BCUT2D eigenvalue weighted by Gasteiger charge is 2.27. The Labute approximate surface area is 138 Å². The van der Waals surface area contributed by atoms with Crippen LogP contribution in [-0.4, -0.2) is 48.4 Å². The van der Waals surface area contributed by atoms with Crippen LogP contribution in [0.15, 0.2) is 18.2 Å². The SMILES string of the molecule is O=C(c1ccc(I)c(Cl)c1)N1CCN(CC2CC2)CC1. The van der Waals surface area contributed by atoms with Crippen molar-refractivity contribution in [1.82, 2.24) is 9.80 Å². The van der Waals surface area contributed by atoms with Crippen molar-refractivity contribution in [3.05, 3.63) is 32.4 Å². The van der Waals surface area contributed by atoms with E-state index in [1.54, 1.807) is 6.07 Å². The number of hydrogen-bond donors (Lipinski definition) is 0. The van der Waals surface area contributed by atoms with Crippen LogP contribution < -0.4 is 0 Å². The van der Waals surface area contributed by atoms with E-state index in [0.717, 1.165) is 35.7 Å². The minimum absolute atomic E-state index is 0.106. The molecule has 0 spiro atoms. The van der Waals surface area contributed by atoms with Crippen LogP contribution in [0.1, 0.15) is 23.2 Å². The number of piperazine rings is 1. The van der Waals surface area contributed by atoms with E-state index in [-0.39, 0.29) is 5.91 Å². The van der Waals surface area contributed by atoms with Crippen LogP contribution in [0.3, 0.4) is 0 Å². The molecule has 0 atom stereocenters. The average Bonchev–Trinajstić information content (AvgIpc) is 3.26. The number of amides is 1. The van der Waals surface area contributed by atoms with Crippen molar-refractivity contribution < 1.29 is 4.79 Å². The molecule has 3 rings (SSSR count). The van der Waals surface area contributed by atoms with Gasteiger partial charge in [-0.1, -0.05) is 11.6 Å². The topological polar surface area (TPSA) is 23.6 Å². The number of hydrogen-bond acceptors (Lipinski definition) is 2. The summed E-state index contributed by atoms with van der Waals surface area (Å²) in [4.78, 5) is 16.9. The number of benzene rings is 1. The molecule has 1 aliphatic carbocycles. The third-order valence-electron chi connectivity index (χ3n) is 4.04. The Bertz CT molecular complexity index is 511. The van der Waals surface area contributed by atoms with Crippen LogP contribution in [0.25, 0.3) is 0 Å². The van der Waals surface area contributed by atoms with E-state index in [9.17, 15) is 4.79 Å². The summed E-state index contributed by atoms with van der Waals surface area (Å²) in [5, 5.41) is 0.656. The Morgan fingerprint density at radius 2 is 1.95 bits per heavy atom. The molecule has 0 aromatic heterocycles. The predicted octanol–water partition coefficient (Wildman–Crippen LogP) is 3.11. The zero-order valence-corrected chi connectivity index (χ0v) is 14.2. The molecule has 2 fully saturated rings. The monoisotopic (exact) mass is 404 g/mol. The van der Waals surface area contributed by atoms with E-state index in [2.05, 4.69) is 27.5 Å². The van der Waals surface area contributed by atoms with Crippen molar-refractivity contribution >= 4 is 40.1 Å². The minimum atomic E-state index is 0.106. The van der Waals surface area contributed by atoms with Crippen LogP contribution in [0.5, 0.6) is 0 Å². The third-order valence-corrected chi connectivity index (χ3v) is 5.61. The molecule has 1 heterocycles. The first-order valence-electron chi connectivity index (χ1n) is 7.10. The standard InChI is InChI=1S/C15H18ClIN2O/c16-13-9-12(3-4-14(13)17)15(20)19-7-5-18(6-8-19)10-11-1-2-11/h3-4,9,11H,1-2,5-8,10H2. The molecule has 1 aromatic carbocycles. The number of carbonyl (C=O) groups is 1. The molecule has 0 radical (unpaired) electrons. The highest BCUT2D eigenvalue weighted by Crippen LogP contribution is 2.30. The molecule has 0 N–H and O–H groups in total. The second kappa shape index (κ2) is 6.20. The summed E-state index contributed by atoms with van der Waals surface area (Å²) in [5.41, 5.74) is 0.700. The molecule has 2 aliphatic rings. The number of carbonyl (C=O) groups excluding carboxylic acids is 1. The van der Waals surface area contributed by atoms with Crippen molar-refractivity contribution in [3.63, 3.8) is 0 Å². The molecule has 1 saturated heterocycles. The molecule has 3 nitrogen and oxygen atoms in total. The lowest BCUT2D eigenvalue weighted by Gasteiger charge is -2.34. The minimum Gasteiger partial charge on any atom is -0.336 e. The first-order chi connectivity index (χ1) is 9.63. The molecular weight excluding hydrogens is 387 g/mol. The average molecular weight is 405 g/mol. The molecule has 0 bridgehead atoms. The Kier molecular flexibility index (Phi) is 4.52. The van der Waals surface area contributed by atoms with Gasteiger partial charge in [0.1, 0.15) is 0 Å². The van der Waals surface area contributed by atoms with Crippen molar-refractivity contribution in [2.24, 2.45) is 5.92 Å². The third kappa shape index (κ3) is 3.46. The molecular formula is C15H18ClIN2O. The van der Waals surface area contributed by atoms with Gasteiger partial charge >= 0.3 is 0 Å².